The quantitative estimate of drug-likeness (QED) is 0.899. The van der Waals surface area contributed by atoms with E-state index in [1.54, 1.807) is 6.33 Å². The molecule has 2 aromatic rings. The Balaban J connectivity index is 2.26. The maximum Gasteiger partial charge on any atom is 0.135 e. The van der Waals surface area contributed by atoms with Crippen molar-refractivity contribution in [2.24, 2.45) is 0 Å². The second-order valence-electron chi connectivity index (χ2n) is 4.81. The molecule has 0 aliphatic heterocycles. The number of hydrogen-bond acceptors (Lipinski definition) is 4. The Morgan fingerprint density at radius 3 is 2.55 bits per heavy atom. The van der Waals surface area contributed by atoms with Gasteiger partial charge in [-0.2, -0.15) is 0 Å². The lowest BCUT2D eigenvalue weighted by atomic mass is 10.1. The van der Waals surface area contributed by atoms with Gasteiger partial charge in [0.25, 0.3) is 0 Å². The fourth-order valence-electron chi connectivity index (χ4n) is 2.16. The van der Waals surface area contributed by atoms with Crippen molar-refractivity contribution in [2.75, 3.05) is 23.3 Å². The van der Waals surface area contributed by atoms with Crippen LogP contribution in [0.4, 0.5) is 17.3 Å². The van der Waals surface area contributed by atoms with Crippen LogP contribution in [0.1, 0.15) is 25.0 Å². The summed E-state index contributed by atoms with van der Waals surface area (Å²) < 4.78 is 0. The molecule has 0 radical (unpaired) electrons. The average Bonchev–Trinajstić information content (AvgIpc) is 2.46. The molecule has 4 heteroatoms. The van der Waals surface area contributed by atoms with E-state index >= 15 is 0 Å². The molecular formula is C16H22N4. The lowest BCUT2D eigenvalue weighted by Gasteiger charge is -2.20. The van der Waals surface area contributed by atoms with E-state index in [-0.39, 0.29) is 0 Å². The van der Waals surface area contributed by atoms with E-state index in [2.05, 4.69) is 66.1 Å². The highest BCUT2D eigenvalue weighted by Gasteiger charge is 2.06. The number of nitrogens with one attached hydrogen (secondary N) is 1. The van der Waals surface area contributed by atoms with Gasteiger partial charge < -0.3 is 10.2 Å². The second kappa shape index (κ2) is 6.37. The zero-order valence-electron chi connectivity index (χ0n) is 12.6. The van der Waals surface area contributed by atoms with E-state index in [1.807, 2.05) is 6.07 Å². The molecule has 0 saturated heterocycles. The predicted octanol–water partition coefficient (Wildman–Crippen LogP) is 3.68. The van der Waals surface area contributed by atoms with Crippen molar-refractivity contribution < 1.29 is 0 Å². The zero-order valence-corrected chi connectivity index (χ0v) is 12.6. The molecule has 1 aromatic carbocycles. The van der Waals surface area contributed by atoms with Gasteiger partial charge in [0, 0.05) is 24.8 Å². The normalized spacial score (nSPS) is 10.4. The Hall–Kier alpha value is -2.10. The van der Waals surface area contributed by atoms with Crippen molar-refractivity contribution in [3.63, 3.8) is 0 Å². The maximum atomic E-state index is 4.34. The first-order valence-corrected chi connectivity index (χ1v) is 7.06. The van der Waals surface area contributed by atoms with E-state index in [0.717, 1.165) is 30.4 Å². The number of aromatic nitrogens is 2. The van der Waals surface area contributed by atoms with E-state index in [4.69, 9.17) is 0 Å². The van der Waals surface area contributed by atoms with Crippen molar-refractivity contribution >= 4 is 17.3 Å². The summed E-state index contributed by atoms with van der Waals surface area (Å²) in [7, 11) is 0. The summed E-state index contributed by atoms with van der Waals surface area (Å²) in [6.07, 6.45) is 1.61. The van der Waals surface area contributed by atoms with Crippen LogP contribution < -0.4 is 10.2 Å². The molecule has 0 amide bonds. The molecule has 0 bridgehead atoms. The fraction of sp³-hybridized carbons (Fsp3) is 0.375. The van der Waals surface area contributed by atoms with Gasteiger partial charge in [0.1, 0.15) is 18.0 Å². The number of hydrogen-bond donors (Lipinski definition) is 1. The molecule has 0 saturated carbocycles. The van der Waals surface area contributed by atoms with Crippen LogP contribution in [-0.2, 0) is 0 Å². The number of benzene rings is 1. The number of anilines is 3. The molecule has 0 fully saturated rings. The van der Waals surface area contributed by atoms with Gasteiger partial charge in [0.2, 0.25) is 0 Å². The molecule has 0 aliphatic carbocycles. The third-order valence-electron chi connectivity index (χ3n) is 3.61. The second-order valence-corrected chi connectivity index (χ2v) is 4.81. The van der Waals surface area contributed by atoms with Gasteiger partial charge in [0.05, 0.1) is 0 Å². The summed E-state index contributed by atoms with van der Waals surface area (Å²) in [6, 6.07) is 8.23. The lowest BCUT2D eigenvalue weighted by Crippen LogP contribution is -2.23. The van der Waals surface area contributed by atoms with Gasteiger partial charge in [-0.1, -0.05) is 12.1 Å². The van der Waals surface area contributed by atoms with Crippen LogP contribution in [0.2, 0.25) is 0 Å². The summed E-state index contributed by atoms with van der Waals surface area (Å²) >= 11 is 0. The first-order valence-electron chi connectivity index (χ1n) is 7.06. The van der Waals surface area contributed by atoms with Crippen LogP contribution in [0.25, 0.3) is 0 Å². The van der Waals surface area contributed by atoms with E-state index < -0.39 is 0 Å². The molecule has 1 heterocycles. The van der Waals surface area contributed by atoms with Gasteiger partial charge in [-0.25, -0.2) is 9.97 Å². The summed E-state index contributed by atoms with van der Waals surface area (Å²) in [5, 5.41) is 3.38. The van der Waals surface area contributed by atoms with Gasteiger partial charge in [-0.15, -0.1) is 0 Å². The lowest BCUT2D eigenvalue weighted by molar-refractivity contribution is 0.842. The fourth-order valence-corrected chi connectivity index (χ4v) is 2.16. The highest BCUT2D eigenvalue weighted by atomic mass is 15.2. The molecule has 0 aliphatic rings. The summed E-state index contributed by atoms with van der Waals surface area (Å²) in [4.78, 5) is 10.8. The smallest absolute Gasteiger partial charge is 0.135 e. The average molecular weight is 270 g/mol. The van der Waals surface area contributed by atoms with E-state index in [9.17, 15) is 0 Å². The standard InChI is InChI=1S/C16H22N4/c1-5-20(6-2)16-10-15(17-11-18-16)19-14-9-7-8-12(3)13(14)4/h7-11H,5-6H2,1-4H3,(H,17,18,19). The zero-order chi connectivity index (χ0) is 14.5. The van der Waals surface area contributed by atoms with Crippen LogP contribution in [0.5, 0.6) is 0 Å². The maximum absolute atomic E-state index is 4.34. The molecule has 1 aromatic heterocycles. The van der Waals surface area contributed by atoms with Crippen LogP contribution in [0.15, 0.2) is 30.6 Å². The van der Waals surface area contributed by atoms with Gasteiger partial charge in [-0.3, -0.25) is 0 Å². The van der Waals surface area contributed by atoms with Crippen LogP contribution in [-0.4, -0.2) is 23.1 Å². The third-order valence-corrected chi connectivity index (χ3v) is 3.61. The molecular weight excluding hydrogens is 248 g/mol. The molecule has 0 unspecified atom stereocenters. The van der Waals surface area contributed by atoms with Gasteiger partial charge in [0.15, 0.2) is 0 Å². The Labute approximate surface area is 120 Å². The molecule has 2 rings (SSSR count). The first-order chi connectivity index (χ1) is 9.65. The van der Waals surface area contributed by atoms with Crippen molar-refractivity contribution in [1.29, 1.82) is 0 Å². The largest absolute Gasteiger partial charge is 0.357 e. The molecule has 0 spiro atoms. The molecule has 4 nitrogen and oxygen atoms in total. The van der Waals surface area contributed by atoms with Crippen molar-refractivity contribution in [1.82, 2.24) is 9.97 Å². The number of nitrogens with zero attached hydrogens (tertiary/aromatic N) is 3. The van der Waals surface area contributed by atoms with Crippen LogP contribution >= 0.6 is 0 Å². The minimum absolute atomic E-state index is 0.829. The van der Waals surface area contributed by atoms with E-state index in [0.29, 0.717) is 0 Å². The Bertz CT molecular complexity index is 576. The van der Waals surface area contributed by atoms with Crippen molar-refractivity contribution in [3.05, 3.63) is 41.7 Å². The SMILES string of the molecule is CCN(CC)c1cc(Nc2cccc(C)c2C)ncn1. The summed E-state index contributed by atoms with van der Waals surface area (Å²) in [5.41, 5.74) is 3.61. The van der Waals surface area contributed by atoms with Crippen LogP contribution in [0, 0.1) is 13.8 Å². The van der Waals surface area contributed by atoms with Crippen molar-refractivity contribution in [3.8, 4) is 0 Å². The topological polar surface area (TPSA) is 41.0 Å². The molecule has 1 N–H and O–H groups in total. The first kappa shape index (κ1) is 14.3. The Morgan fingerprint density at radius 2 is 1.85 bits per heavy atom. The molecule has 20 heavy (non-hydrogen) atoms. The summed E-state index contributed by atoms with van der Waals surface area (Å²) in [6.45, 7) is 10.4. The van der Waals surface area contributed by atoms with Crippen LogP contribution in [0.3, 0.4) is 0 Å². The van der Waals surface area contributed by atoms with Gasteiger partial charge >= 0.3 is 0 Å². The van der Waals surface area contributed by atoms with E-state index in [1.165, 1.54) is 11.1 Å². The monoisotopic (exact) mass is 270 g/mol. The molecule has 106 valence electrons. The Morgan fingerprint density at radius 1 is 1.10 bits per heavy atom. The molecule has 0 atom stereocenters. The van der Waals surface area contributed by atoms with Crippen molar-refractivity contribution in [2.45, 2.75) is 27.7 Å². The van der Waals surface area contributed by atoms with Gasteiger partial charge in [-0.05, 0) is 44.9 Å². The number of aryl methyl sites for hydroxylation is 1. The summed E-state index contributed by atoms with van der Waals surface area (Å²) in [5.74, 6) is 1.79. The number of rotatable bonds is 5. The highest BCUT2D eigenvalue weighted by molar-refractivity contribution is 5.63. The highest BCUT2D eigenvalue weighted by Crippen LogP contribution is 2.23. The Kier molecular flexibility index (Phi) is 4.56. The predicted molar refractivity (Wildman–Crippen MR) is 84.8 cm³/mol. The minimum Gasteiger partial charge on any atom is -0.357 e. The minimum atomic E-state index is 0.829. The third kappa shape index (κ3) is 3.07.